The molecule has 0 aromatic heterocycles. The topological polar surface area (TPSA) is 86.0 Å². The molecule has 1 rings (SSSR count). The molecule has 0 heterocycles. The van der Waals surface area contributed by atoms with Crippen LogP contribution in [0.1, 0.15) is 12.5 Å². The number of nitrogens with zero attached hydrogens (tertiary/aromatic N) is 2. The van der Waals surface area contributed by atoms with E-state index in [1.165, 1.54) is 24.4 Å². The summed E-state index contributed by atoms with van der Waals surface area (Å²) < 4.78 is 18.3. The van der Waals surface area contributed by atoms with Gasteiger partial charge in [0.25, 0.3) is 0 Å². The van der Waals surface area contributed by atoms with E-state index in [1.807, 2.05) is 6.92 Å². The first kappa shape index (κ1) is 12.0. The van der Waals surface area contributed by atoms with Crippen molar-refractivity contribution in [2.24, 2.45) is 21.7 Å². The third kappa shape index (κ3) is 3.56. The Morgan fingerprint density at radius 1 is 1.50 bits per heavy atom. The van der Waals surface area contributed by atoms with Gasteiger partial charge in [-0.1, -0.05) is 0 Å². The summed E-state index contributed by atoms with van der Waals surface area (Å²) in [6.45, 7) is 2.31. The van der Waals surface area contributed by atoms with Gasteiger partial charge in [-0.25, -0.2) is 4.39 Å². The van der Waals surface area contributed by atoms with Crippen LogP contribution in [0.5, 0.6) is 5.75 Å². The molecule has 0 unspecified atom stereocenters. The monoisotopic (exact) mass is 224 g/mol. The van der Waals surface area contributed by atoms with E-state index in [-0.39, 0.29) is 11.8 Å². The molecule has 0 fully saturated rings. The van der Waals surface area contributed by atoms with Crippen molar-refractivity contribution >= 4 is 12.2 Å². The molecule has 0 spiro atoms. The van der Waals surface area contributed by atoms with Crippen LogP contribution in [0.25, 0.3) is 0 Å². The van der Waals surface area contributed by atoms with Gasteiger partial charge in [-0.15, -0.1) is 5.10 Å². The molecule has 1 aromatic rings. The van der Waals surface area contributed by atoms with Crippen molar-refractivity contribution in [1.29, 1.82) is 0 Å². The molecule has 0 amide bonds. The number of ether oxygens (including phenoxy) is 1. The van der Waals surface area contributed by atoms with Gasteiger partial charge in [-0.3, -0.25) is 0 Å². The molecule has 0 radical (unpaired) electrons. The minimum absolute atomic E-state index is 0.161. The zero-order valence-corrected chi connectivity index (χ0v) is 8.85. The molecule has 0 aliphatic rings. The highest BCUT2D eigenvalue weighted by Crippen LogP contribution is 2.17. The standard InChI is InChI=1S/C10H13FN4O/c1-2-16-9-4-3-8(11)5-7(9)6-14-15-10(12)13/h3-6H,2H2,1H3,(H4,12,13,15). The minimum Gasteiger partial charge on any atom is -0.493 e. The van der Waals surface area contributed by atoms with Crippen LogP contribution in [-0.2, 0) is 0 Å². The second-order valence-electron chi connectivity index (χ2n) is 2.88. The quantitative estimate of drug-likeness (QED) is 0.451. The fraction of sp³-hybridized carbons (Fsp3) is 0.200. The molecule has 6 heteroatoms. The molecule has 86 valence electrons. The Bertz CT molecular complexity index is 413. The average molecular weight is 224 g/mol. The van der Waals surface area contributed by atoms with Gasteiger partial charge in [0.1, 0.15) is 11.6 Å². The van der Waals surface area contributed by atoms with E-state index < -0.39 is 0 Å². The van der Waals surface area contributed by atoms with E-state index in [4.69, 9.17) is 16.2 Å². The van der Waals surface area contributed by atoms with Gasteiger partial charge in [0.05, 0.1) is 12.8 Å². The number of guanidine groups is 1. The van der Waals surface area contributed by atoms with Gasteiger partial charge in [-0.2, -0.15) is 5.10 Å². The van der Waals surface area contributed by atoms with E-state index in [2.05, 4.69) is 10.2 Å². The molecule has 16 heavy (non-hydrogen) atoms. The number of halogens is 1. The summed E-state index contributed by atoms with van der Waals surface area (Å²) in [5, 5.41) is 7.01. The lowest BCUT2D eigenvalue weighted by atomic mass is 10.2. The molecular weight excluding hydrogens is 211 g/mol. The van der Waals surface area contributed by atoms with Crippen LogP contribution >= 0.6 is 0 Å². The first-order chi connectivity index (χ1) is 7.63. The van der Waals surface area contributed by atoms with E-state index in [1.54, 1.807) is 0 Å². The van der Waals surface area contributed by atoms with Crippen LogP contribution in [0.2, 0.25) is 0 Å². The summed E-state index contributed by atoms with van der Waals surface area (Å²) in [6, 6.07) is 4.12. The molecule has 0 bridgehead atoms. The Kier molecular flexibility index (Phi) is 4.26. The third-order valence-electron chi connectivity index (χ3n) is 1.64. The van der Waals surface area contributed by atoms with Crippen molar-refractivity contribution in [3.05, 3.63) is 29.6 Å². The number of rotatable bonds is 4. The van der Waals surface area contributed by atoms with Gasteiger partial charge in [0, 0.05) is 5.56 Å². The maximum atomic E-state index is 13.0. The van der Waals surface area contributed by atoms with Gasteiger partial charge in [0.2, 0.25) is 5.96 Å². The van der Waals surface area contributed by atoms with Crippen molar-refractivity contribution in [1.82, 2.24) is 0 Å². The number of benzene rings is 1. The summed E-state index contributed by atoms with van der Waals surface area (Å²) >= 11 is 0. The van der Waals surface area contributed by atoms with Crippen LogP contribution in [0.15, 0.2) is 28.4 Å². The van der Waals surface area contributed by atoms with Crippen LogP contribution in [0.4, 0.5) is 4.39 Å². The predicted molar refractivity (Wildman–Crippen MR) is 61.0 cm³/mol. The van der Waals surface area contributed by atoms with Crippen LogP contribution in [-0.4, -0.2) is 18.8 Å². The Morgan fingerprint density at radius 3 is 2.88 bits per heavy atom. The summed E-state index contributed by atoms with van der Waals surface area (Å²) in [4.78, 5) is 0. The van der Waals surface area contributed by atoms with Gasteiger partial charge in [0.15, 0.2) is 0 Å². The molecule has 5 nitrogen and oxygen atoms in total. The SMILES string of the molecule is CCOc1ccc(F)cc1C=NN=C(N)N. The Labute approximate surface area is 92.6 Å². The molecule has 0 aliphatic carbocycles. The third-order valence-corrected chi connectivity index (χ3v) is 1.64. The fourth-order valence-corrected chi connectivity index (χ4v) is 1.06. The largest absolute Gasteiger partial charge is 0.493 e. The zero-order chi connectivity index (χ0) is 12.0. The number of hydrogen-bond acceptors (Lipinski definition) is 3. The molecule has 4 N–H and O–H groups in total. The molecule has 1 aromatic carbocycles. The molecule has 0 atom stereocenters. The van der Waals surface area contributed by atoms with Crippen LogP contribution in [0.3, 0.4) is 0 Å². The Hall–Kier alpha value is -2.11. The van der Waals surface area contributed by atoms with Crippen molar-refractivity contribution in [2.75, 3.05) is 6.61 Å². The summed E-state index contributed by atoms with van der Waals surface area (Å²) in [7, 11) is 0. The van der Waals surface area contributed by atoms with E-state index in [9.17, 15) is 4.39 Å². The first-order valence-corrected chi connectivity index (χ1v) is 4.67. The van der Waals surface area contributed by atoms with Crippen LogP contribution < -0.4 is 16.2 Å². The molecule has 0 aliphatic heterocycles. The van der Waals surface area contributed by atoms with Crippen molar-refractivity contribution in [3.63, 3.8) is 0 Å². The van der Waals surface area contributed by atoms with Crippen molar-refractivity contribution in [3.8, 4) is 5.75 Å². The van der Waals surface area contributed by atoms with Gasteiger partial charge in [-0.05, 0) is 25.1 Å². The second-order valence-corrected chi connectivity index (χ2v) is 2.88. The highest BCUT2D eigenvalue weighted by atomic mass is 19.1. The fourth-order valence-electron chi connectivity index (χ4n) is 1.06. The smallest absolute Gasteiger partial charge is 0.211 e. The summed E-state index contributed by atoms with van der Waals surface area (Å²) in [5.41, 5.74) is 10.7. The zero-order valence-electron chi connectivity index (χ0n) is 8.85. The highest BCUT2D eigenvalue weighted by Gasteiger charge is 2.02. The minimum atomic E-state index is -0.380. The number of nitrogens with two attached hydrogens (primary N) is 2. The molecule has 0 saturated carbocycles. The molecule has 0 saturated heterocycles. The maximum Gasteiger partial charge on any atom is 0.211 e. The summed E-state index contributed by atoms with van der Waals surface area (Å²) in [5.74, 6) is -0.0151. The van der Waals surface area contributed by atoms with Gasteiger partial charge >= 0.3 is 0 Å². The van der Waals surface area contributed by atoms with E-state index >= 15 is 0 Å². The predicted octanol–water partition coefficient (Wildman–Crippen LogP) is 0.832. The lowest BCUT2D eigenvalue weighted by Gasteiger charge is -2.05. The normalized spacial score (nSPS) is 10.4. The van der Waals surface area contributed by atoms with Crippen molar-refractivity contribution < 1.29 is 9.13 Å². The van der Waals surface area contributed by atoms with Gasteiger partial charge < -0.3 is 16.2 Å². The molecular formula is C10H13FN4O. The highest BCUT2D eigenvalue weighted by molar-refractivity contribution is 5.84. The first-order valence-electron chi connectivity index (χ1n) is 4.67. The lowest BCUT2D eigenvalue weighted by molar-refractivity contribution is 0.339. The van der Waals surface area contributed by atoms with Crippen molar-refractivity contribution in [2.45, 2.75) is 6.92 Å². The van der Waals surface area contributed by atoms with Crippen LogP contribution in [0, 0.1) is 5.82 Å². The van der Waals surface area contributed by atoms with E-state index in [0.29, 0.717) is 17.9 Å². The summed E-state index contributed by atoms with van der Waals surface area (Å²) in [6.07, 6.45) is 1.33. The lowest BCUT2D eigenvalue weighted by Crippen LogP contribution is -2.21. The van der Waals surface area contributed by atoms with E-state index in [0.717, 1.165) is 0 Å². The Morgan fingerprint density at radius 2 is 2.25 bits per heavy atom. The average Bonchev–Trinajstić information content (AvgIpc) is 2.21. The maximum absolute atomic E-state index is 13.0. The number of hydrogen-bond donors (Lipinski definition) is 2. The Balaban J connectivity index is 2.96. The second kappa shape index (κ2) is 5.69.